The molecule has 0 radical (unpaired) electrons. The first-order valence-electron chi connectivity index (χ1n) is 11.3. The molecule has 0 aliphatic carbocycles. The van der Waals surface area contributed by atoms with Crippen LogP contribution < -0.4 is 34.7 Å². The molecular formula is C18F35NaO2. The number of aliphatic carboxylic acids is 1. The van der Waals surface area contributed by atoms with Gasteiger partial charge in [0.25, 0.3) is 0 Å². The van der Waals surface area contributed by atoms with Gasteiger partial charge in [-0.2, -0.15) is 154 Å². The zero-order valence-electron chi connectivity index (χ0n) is 24.0. The first-order chi connectivity index (χ1) is 22.9. The summed E-state index contributed by atoms with van der Waals surface area (Å²) in [6, 6.07) is 0. The van der Waals surface area contributed by atoms with E-state index in [1.54, 1.807) is 0 Å². The van der Waals surface area contributed by atoms with Gasteiger partial charge in [-0.3, -0.25) is 0 Å². The maximum atomic E-state index is 13.8. The van der Waals surface area contributed by atoms with E-state index >= 15 is 0 Å². The molecule has 0 aromatic heterocycles. The molecule has 38 heteroatoms. The first kappa shape index (κ1) is 56.1. The van der Waals surface area contributed by atoms with E-state index in [9.17, 15) is 164 Å². The maximum absolute atomic E-state index is 13.8. The second-order valence-electron chi connectivity index (χ2n) is 9.98. The molecule has 0 rings (SSSR count). The van der Waals surface area contributed by atoms with E-state index in [-0.39, 0.29) is 29.6 Å². The second-order valence-corrected chi connectivity index (χ2v) is 9.98. The summed E-state index contributed by atoms with van der Waals surface area (Å²) in [5, 5.41) is 9.84. The third kappa shape index (κ3) is 6.18. The summed E-state index contributed by atoms with van der Waals surface area (Å²) in [6.45, 7) is 0. The molecule has 0 aromatic carbocycles. The van der Waals surface area contributed by atoms with Crippen LogP contribution in [-0.2, 0) is 4.79 Å². The molecule has 0 fully saturated rings. The van der Waals surface area contributed by atoms with Crippen molar-refractivity contribution in [3.63, 3.8) is 0 Å². The molecule has 0 heterocycles. The van der Waals surface area contributed by atoms with Gasteiger partial charge >= 0.3 is 130 Å². The Morgan fingerprint density at radius 2 is 0.339 bits per heavy atom. The summed E-state index contributed by atoms with van der Waals surface area (Å²) in [5.41, 5.74) is 0. The predicted octanol–water partition coefficient (Wildman–Crippen LogP) is 6.47. The number of carboxylic acid groups (broad SMARTS) is 1. The van der Waals surface area contributed by atoms with Crippen LogP contribution in [0.2, 0.25) is 0 Å². The largest absolute Gasteiger partial charge is 1.00 e. The molecule has 0 saturated carbocycles. The smallest absolute Gasteiger partial charge is 0.544 e. The number of carboxylic acids is 1. The average Bonchev–Trinajstić information content (AvgIpc) is 2.94. The summed E-state index contributed by atoms with van der Waals surface area (Å²) in [6.07, 6.45) is -8.45. The fraction of sp³-hybridized carbons (Fsp3) is 0.944. The zero-order chi connectivity index (χ0) is 46.1. The number of hydrogen-bond donors (Lipinski definition) is 0. The van der Waals surface area contributed by atoms with Crippen molar-refractivity contribution in [3.8, 4) is 0 Å². The van der Waals surface area contributed by atoms with Gasteiger partial charge in [0, 0.05) is 0 Å². The summed E-state index contributed by atoms with van der Waals surface area (Å²) in [7, 11) is 0. The van der Waals surface area contributed by atoms with Crippen molar-refractivity contribution in [2.24, 2.45) is 0 Å². The van der Waals surface area contributed by atoms with Crippen LogP contribution in [0.4, 0.5) is 154 Å². The minimum atomic E-state index is -10.4. The van der Waals surface area contributed by atoms with Crippen LogP contribution >= 0.6 is 0 Å². The summed E-state index contributed by atoms with van der Waals surface area (Å²) in [4.78, 5) is 9.84. The predicted molar refractivity (Wildman–Crippen MR) is 90.2 cm³/mol. The molecule has 56 heavy (non-hydrogen) atoms. The van der Waals surface area contributed by atoms with Crippen molar-refractivity contribution in [3.05, 3.63) is 0 Å². The Hall–Kier alpha value is -1.98. The third-order valence-corrected chi connectivity index (χ3v) is 6.53. The van der Waals surface area contributed by atoms with Gasteiger partial charge < -0.3 is 9.90 Å². The van der Waals surface area contributed by atoms with E-state index in [1.807, 2.05) is 0 Å². The molecule has 0 N–H and O–H groups in total. The van der Waals surface area contributed by atoms with Gasteiger partial charge in [-0.15, -0.1) is 0 Å². The number of halogens is 35. The molecule has 330 valence electrons. The molecular weight excluding hydrogens is 936 g/mol. The van der Waals surface area contributed by atoms with Gasteiger partial charge in [0.15, 0.2) is 0 Å². The van der Waals surface area contributed by atoms with Crippen molar-refractivity contribution in [1.29, 1.82) is 0 Å². The van der Waals surface area contributed by atoms with Gasteiger partial charge in [0.2, 0.25) is 0 Å². The number of alkyl halides is 35. The molecule has 0 aromatic rings. The topological polar surface area (TPSA) is 40.1 Å². The van der Waals surface area contributed by atoms with Crippen molar-refractivity contribution >= 4 is 5.97 Å². The van der Waals surface area contributed by atoms with Crippen molar-refractivity contribution < 1.29 is 193 Å². The van der Waals surface area contributed by atoms with Gasteiger partial charge in [-0.05, 0) is 0 Å². The average molecular weight is 936 g/mol. The monoisotopic (exact) mass is 936 g/mol. The Bertz CT molecular complexity index is 1450. The quantitative estimate of drug-likeness (QED) is 0.132. The zero-order valence-corrected chi connectivity index (χ0v) is 26.0. The van der Waals surface area contributed by atoms with Gasteiger partial charge in [0.1, 0.15) is 5.97 Å². The van der Waals surface area contributed by atoms with Crippen LogP contribution in [-0.4, -0.2) is 107 Å². The fourth-order valence-electron chi connectivity index (χ4n) is 3.07. The molecule has 0 spiro atoms. The minimum absolute atomic E-state index is 0. The van der Waals surface area contributed by atoms with Gasteiger partial charge in [-0.1, -0.05) is 0 Å². The SMILES string of the molecule is O=C([O-])C(F)(F)C(F)(F)C(F)(F)C(F)(F)C(F)(F)C(F)(F)C(F)(F)C(F)(F)C(F)(F)C(F)(F)C(F)(F)C(F)(F)C(F)(F)C(F)(F)C(F)(F)C(F)(F)C(F)(F)F.[Na+]. The number of hydrogen-bond acceptors (Lipinski definition) is 2. The third-order valence-electron chi connectivity index (χ3n) is 6.53. The number of carbonyl (C=O) groups is 1. The van der Waals surface area contributed by atoms with Crippen LogP contribution in [0.5, 0.6) is 0 Å². The van der Waals surface area contributed by atoms with Crippen molar-refractivity contribution in [1.82, 2.24) is 0 Å². The number of carbonyl (C=O) groups excluding carboxylic acids is 1. The van der Waals surface area contributed by atoms with Crippen molar-refractivity contribution in [2.45, 2.75) is 101 Å². The van der Waals surface area contributed by atoms with Crippen LogP contribution in [0, 0.1) is 0 Å². The summed E-state index contributed by atoms with van der Waals surface area (Å²) < 4.78 is 468. The van der Waals surface area contributed by atoms with Gasteiger partial charge in [-0.25, -0.2) is 0 Å². The Morgan fingerprint density at radius 1 is 0.232 bits per heavy atom. The number of rotatable bonds is 16. The standard InChI is InChI=1S/C18HF35O2.Na/c19-2(20,1(54)55)3(21,22)4(23,24)5(25,26)6(27,28)7(29,30)8(31,32)9(33,34)10(35,36)11(37,38)12(39,40)13(41,42)14(43,44)15(45,46)16(47,48)17(49,50)18(51,52)53;/h(H,54,55);/q;+1/p-1. The normalized spacial score (nSPS) is 16.8. The molecule has 0 unspecified atom stereocenters. The van der Waals surface area contributed by atoms with Gasteiger partial charge in [0.05, 0.1) is 0 Å². The molecule has 0 saturated heterocycles. The van der Waals surface area contributed by atoms with Crippen LogP contribution in [0.1, 0.15) is 0 Å². The Balaban J connectivity index is 0. The van der Waals surface area contributed by atoms with E-state index in [4.69, 9.17) is 0 Å². The van der Waals surface area contributed by atoms with E-state index in [0.29, 0.717) is 0 Å². The molecule has 0 bridgehead atoms. The van der Waals surface area contributed by atoms with Crippen molar-refractivity contribution in [2.75, 3.05) is 0 Å². The minimum Gasteiger partial charge on any atom is -0.544 e. The fourth-order valence-corrected chi connectivity index (χ4v) is 3.07. The molecule has 0 atom stereocenters. The summed E-state index contributed by atoms with van der Waals surface area (Å²) in [5.74, 6) is -162. The first-order valence-corrected chi connectivity index (χ1v) is 11.3. The molecule has 0 aliphatic rings. The molecule has 0 amide bonds. The van der Waals surface area contributed by atoms with E-state index < -0.39 is 107 Å². The molecule has 2 nitrogen and oxygen atoms in total. The van der Waals surface area contributed by atoms with E-state index in [0.717, 1.165) is 0 Å². The Kier molecular flexibility index (Phi) is 13.5. The second kappa shape index (κ2) is 13.5. The summed E-state index contributed by atoms with van der Waals surface area (Å²) >= 11 is 0. The maximum Gasteiger partial charge on any atom is 1.00 e. The molecule has 0 aliphatic heterocycles. The van der Waals surface area contributed by atoms with Crippen LogP contribution in [0.15, 0.2) is 0 Å². The van der Waals surface area contributed by atoms with E-state index in [1.165, 1.54) is 0 Å². The Morgan fingerprint density at radius 3 is 0.446 bits per heavy atom. The Labute approximate surface area is 300 Å². The van der Waals surface area contributed by atoms with Crippen LogP contribution in [0.25, 0.3) is 0 Å². The van der Waals surface area contributed by atoms with E-state index in [2.05, 4.69) is 0 Å². The van der Waals surface area contributed by atoms with Crippen LogP contribution in [0.3, 0.4) is 0 Å².